The smallest absolute Gasteiger partial charge is 0.254 e. The lowest BCUT2D eigenvalue weighted by atomic mass is 9.80. The highest BCUT2D eigenvalue weighted by Crippen LogP contribution is 2.34. The van der Waals surface area contributed by atoms with Gasteiger partial charge in [0.05, 0.1) is 11.2 Å². The zero-order chi connectivity index (χ0) is 14.0. The van der Waals surface area contributed by atoms with Gasteiger partial charge in [0.15, 0.2) is 0 Å². The topological polar surface area (TPSA) is 64.3 Å². The van der Waals surface area contributed by atoms with E-state index in [1.165, 1.54) is 12.1 Å². The van der Waals surface area contributed by atoms with Crippen molar-refractivity contribution in [3.8, 4) is 0 Å². The molecule has 1 fully saturated rings. The minimum Gasteiger partial charge on any atom is -0.399 e. The van der Waals surface area contributed by atoms with Crippen LogP contribution in [0, 0.1) is 12.7 Å². The normalized spacial score (nSPS) is 16.8. The fraction of sp³-hybridized carbons (Fsp3) is 0.500. The lowest BCUT2D eigenvalue weighted by Gasteiger charge is -2.40. The molecule has 104 valence electrons. The number of halogens is 1. The van der Waals surface area contributed by atoms with E-state index < -0.39 is 11.7 Å². The van der Waals surface area contributed by atoms with Crippen molar-refractivity contribution in [2.45, 2.75) is 31.8 Å². The molecule has 0 unspecified atom stereocenters. The van der Waals surface area contributed by atoms with Crippen molar-refractivity contribution in [3.05, 3.63) is 29.1 Å². The van der Waals surface area contributed by atoms with Gasteiger partial charge in [-0.15, -0.1) is 0 Å². The highest BCUT2D eigenvalue weighted by molar-refractivity contribution is 5.95. The number of carbonyl (C=O) groups excluding carboxylic acids is 1. The van der Waals surface area contributed by atoms with Crippen LogP contribution in [-0.4, -0.2) is 25.2 Å². The van der Waals surface area contributed by atoms with Crippen LogP contribution in [-0.2, 0) is 4.74 Å². The average Bonchev–Trinajstić information content (AvgIpc) is 2.32. The molecule has 0 atom stereocenters. The van der Waals surface area contributed by atoms with Gasteiger partial charge < -0.3 is 15.8 Å². The van der Waals surface area contributed by atoms with E-state index in [4.69, 9.17) is 10.5 Å². The van der Waals surface area contributed by atoms with Crippen LogP contribution in [0.15, 0.2) is 12.1 Å². The first kappa shape index (κ1) is 13.8. The summed E-state index contributed by atoms with van der Waals surface area (Å²) in [6.45, 7) is 1.99. The first-order valence-electron chi connectivity index (χ1n) is 6.36. The fourth-order valence-corrected chi connectivity index (χ4v) is 2.32. The van der Waals surface area contributed by atoms with Gasteiger partial charge in [0.1, 0.15) is 5.82 Å². The number of hydrogen-bond acceptors (Lipinski definition) is 3. The van der Waals surface area contributed by atoms with E-state index >= 15 is 0 Å². The highest BCUT2D eigenvalue weighted by atomic mass is 19.1. The third-order valence-corrected chi connectivity index (χ3v) is 3.79. The molecule has 1 amide bonds. The average molecular weight is 266 g/mol. The van der Waals surface area contributed by atoms with Gasteiger partial charge in [-0.25, -0.2) is 4.39 Å². The number of ether oxygens (including phenoxy) is 1. The minimum atomic E-state index is -0.522. The predicted octanol–water partition coefficient (Wildman–Crippen LogP) is 2.02. The Labute approximate surface area is 112 Å². The molecule has 1 aliphatic rings. The molecule has 4 nitrogen and oxygen atoms in total. The third kappa shape index (κ3) is 2.71. The Morgan fingerprint density at radius 2 is 2.21 bits per heavy atom. The number of carbonyl (C=O) groups is 1. The van der Waals surface area contributed by atoms with Gasteiger partial charge in [-0.3, -0.25) is 4.79 Å². The Bertz CT molecular complexity index is 493. The molecule has 0 aromatic heterocycles. The molecule has 19 heavy (non-hydrogen) atoms. The van der Waals surface area contributed by atoms with Gasteiger partial charge in [0.25, 0.3) is 5.91 Å². The van der Waals surface area contributed by atoms with Crippen molar-refractivity contribution in [1.82, 2.24) is 5.32 Å². The molecule has 0 bridgehead atoms. The van der Waals surface area contributed by atoms with Crippen LogP contribution in [0.5, 0.6) is 0 Å². The lowest BCUT2D eigenvalue weighted by molar-refractivity contribution is -0.0679. The molecule has 5 heteroatoms. The molecular weight excluding hydrogens is 247 g/mol. The van der Waals surface area contributed by atoms with Gasteiger partial charge in [-0.05, 0) is 43.9 Å². The number of amides is 1. The molecule has 2 rings (SSSR count). The summed E-state index contributed by atoms with van der Waals surface area (Å²) in [7, 11) is 1.64. The minimum absolute atomic E-state index is 0.0110. The standard InChI is InChI=1S/C14H19FN2O2/c1-9-6-10(16)7-11(12(9)15)13(18)17-8-14(19-2)4-3-5-14/h6-7H,3-5,8,16H2,1-2H3,(H,17,18). The molecule has 0 heterocycles. The summed E-state index contributed by atoms with van der Waals surface area (Å²) in [5, 5.41) is 2.73. The van der Waals surface area contributed by atoms with Crippen molar-refractivity contribution in [2.24, 2.45) is 0 Å². The SMILES string of the molecule is COC1(CNC(=O)c2cc(N)cc(C)c2F)CCC1. The van der Waals surface area contributed by atoms with E-state index in [1.54, 1.807) is 14.0 Å². The molecule has 0 aliphatic heterocycles. The van der Waals surface area contributed by atoms with Crippen LogP contribution >= 0.6 is 0 Å². The quantitative estimate of drug-likeness (QED) is 0.819. The molecule has 1 aromatic carbocycles. The van der Waals surface area contributed by atoms with Crippen LogP contribution in [0.3, 0.4) is 0 Å². The lowest BCUT2D eigenvalue weighted by Crippen LogP contribution is -2.49. The van der Waals surface area contributed by atoms with Crippen molar-refractivity contribution >= 4 is 11.6 Å². The van der Waals surface area contributed by atoms with E-state index in [-0.39, 0.29) is 11.2 Å². The number of nitrogen functional groups attached to an aromatic ring is 1. The van der Waals surface area contributed by atoms with Gasteiger partial charge in [0, 0.05) is 19.3 Å². The fourth-order valence-electron chi connectivity index (χ4n) is 2.32. The number of benzene rings is 1. The van der Waals surface area contributed by atoms with Gasteiger partial charge >= 0.3 is 0 Å². The number of aryl methyl sites for hydroxylation is 1. The second kappa shape index (κ2) is 5.17. The zero-order valence-corrected chi connectivity index (χ0v) is 11.3. The molecular formula is C14H19FN2O2. The summed E-state index contributed by atoms with van der Waals surface area (Å²) in [6, 6.07) is 2.87. The second-order valence-corrected chi connectivity index (χ2v) is 5.12. The monoisotopic (exact) mass is 266 g/mol. The van der Waals surface area contributed by atoms with Crippen LogP contribution < -0.4 is 11.1 Å². The number of nitrogens with two attached hydrogens (primary N) is 1. The maximum atomic E-state index is 13.9. The summed E-state index contributed by atoms with van der Waals surface area (Å²) in [4.78, 5) is 12.0. The summed E-state index contributed by atoms with van der Waals surface area (Å²) in [5.41, 5.74) is 6.11. The first-order chi connectivity index (χ1) is 8.97. The predicted molar refractivity (Wildman–Crippen MR) is 71.5 cm³/mol. The molecule has 0 radical (unpaired) electrons. The molecule has 1 saturated carbocycles. The van der Waals surface area contributed by atoms with Crippen molar-refractivity contribution < 1.29 is 13.9 Å². The number of hydrogen-bond donors (Lipinski definition) is 2. The summed E-state index contributed by atoms with van der Waals surface area (Å²) in [6.07, 6.45) is 2.93. The maximum Gasteiger partial charge on any atom is 0.254 e. The molecule has 0 saturated heterocycles. The van der Waals surface area contributed by atoms with Crippen LogP contribution in [0.2, 0.25) is 0 Å². The highest BCUT2D eigenvalue weighted by Gasteiger charge is 2.37. The van der Waals surface area contributed by atoms with Crippen molar-refractivity contribution in [2.75, 3.05) is 19.4 Å². The Morgan fingerprint density at radius 3 is 2.74 bits per heavy atom. The van der Waals surface area contributed by atoms with Crippen LogP contribution in [0.1, 0.15) is 35.2 Å². The van der Waals surface area contributed by atoms with Gasteiger partial charge in [-0.2, -0.15) is 0 Å². The van der Waals surface area contributed by atoms with Gasteiger partial charge in [0.2, 0.25) is 0 Å². The van der Waals surface area contributed by atoms with E-state index in [1.807, 2.05) is 0 Å². The maximum absolute atomic E-state index is 13.9. The Balaban J connectivity index is 2.08. The number of anilines is 1. The summed E-state index contributed by atoms with van der Waals surface area (Å²) >= 11 is 0. The van der Waals surface area contributed by atoms with Crippen LogP contribution in [0.4, 0.5) is 10.1 Å². The third-order valence-electron chi connectivity index (χ3n) is 3.79. The van der Waals surface area contributed by atoms with E-state index in [2.05, 4.69) is 5.32 Å². The largest absolute Gasteiger partial charge is 0.399 e. The van der Waals surface area contributed by atoms with E-state index in [0.29, 0.717) is 17.8 Å². The molecule has 3 N–H and O–H groups in total. The van der Waals surface area contributed by atoms with Crippen molar-refractivity contribution in [3.63, 3.8) is 0 Å². The van der Waals surface area contributed by atoms with E-state index in [0.717, 1.165) is 19.3 Å². The zero-order valence-electron chi connectivity index (χ0n) is 11.3. The second-order valence-electron chi connectivity index (χ2n) is 5.12. The van der Waals surface area contributed by atoms with Crippen LogP contribution in [0.25, 0.3) is 0 Å². The molecule has 1 aliphatic carbocycles. The summed E-state index contributed by atoms with van der Waals surface area (Å²) in [5.74, 6) is -0.969. The molecule has 0 spiro atoms. The van der Waals surface area contributed by atoms with Gasteiger partial charge in [-0.1, -0.05) is 0 Å². The Kier molecular flexibility index (Phi) is 3.75. The number of methoxy groups -OCH3 is 1. The number of nitrogens with one attached hydrogen (secondary N) is 1. The van der Waals surface area contributed by atoms with E-state index in [9.17, 15) is 9.18 Å². The van der Waals surface area contributed by atoms with Crippen molar-refractivity contribution in [1.29, 1.82) is 0 Å². The number of rotatable bonds is 4. The first-order valence-corrected chi connectivity index (χ1v) is 6.36. The molecule has 1 aromatic rings. The summed E-state index contributed by atoms with van der Waals surface area (Å²) < 4.78 is 19.3. The Morgan fingerprint density at radius 1 is 1.53 bits per heavy atom. The Hall–Kier alpha value is -1.62.